The van der Waals surface area contributed by atoms with E-state index in [-0.39, 0.29) is 30.1 Å². The molecule has 5 rings (SSSR count). The second-order valence-electron chi connectivity index (χ2n) is 8.12. The van der Waals surface area contributed by atoms with Crippen molar-refractivity contribution in [2.45, 2.75) is 38.5 Å². The lowest BCUT2D eigenvalue weighted by Crippen LogP contribution is -2.28. The summed E-state index contributed by atoms with van der Waals surface area (Å²) in [5.74, 6) is -0.491. The molecule has 2 aromatic carbocycles. The minimum Gasteiger partial charge on any atom is -0.326 e. The third-order valence-electron chi connectivity index (χ3n) is 6.16. The van der Waals surface area contributed by atoms with E-state index in [4.69, 9.17) is 0 Å². The summed E-state index contributed by atoms with van der Waals surface area (Å²) >= 11 is 0. The summed E-state index contributed by atoms with van der Waals surface area (Å²) in [4.78, 5) is 38.6. The van der Waals surface area contributed by atoms with Gasteiger partial charge in [0.1, 0.15) is 0 Å². The number of fused-ring (bicyclic) bond motifs is 2. The minimum absolute atomic E-state index is 0.00347. The van der Waals surface area contributed by atoms with Gasteiger partial charge in [-0.15, -0.1) is 0 Å². The molecule has 0 bridgehead atoms. The van der Waals surface area contributed by atoms with Crippen molar-refractivity contribution in [1.82, 2.24) is 0 Å². The van der Waals surface area contributed by atoms with Crippen LogP contribution in [0.2, 0.25) is 0 Å². The normalized spacial score (nSPS) is 20.3. The van der Waals surface area contributed by atoms with E-state index in [1.807, 2.05) is 18.2 Å². The van der Waals surface area contributed by atoms with Gasteiger partial charge in [0.05, 0.1) is 5.92 Å². The Morgan fingerprint density at radius 2 is 1.83 bits per heavy atom. The number of nitrogens with zero attached hydrogens (tertiary/aromatic N) is 1. The number of hydrogen-bond donors (Lipinski definition) is 2. The Hall–Kier alpha value is -3.15. The summed E-state index contributed by atoms with van der Waals surface area (Å²) in [6.45, 7) is 0.407. The molecule has 1 atom stereocenters. The summed E-state index contributed by atoms with van der Waals surface area (Å²) in [5.41, 5.74) is 6.12. The first-order valence-electron chi connectivity index (χ1n) is 10.2. The molecule has 0 saturated carbocycles. The molecule has 1 unspecified atom stereocenters. The van der Waals surface area contributed by atoms with Crippen LogP contribution in [-0.2, 0) is 33.6 Å². The van der Waals surface area contributed by atoms with Crippen molar-refractivity contribution >= 4 is 34.8 Å². The van der Waals surface area contributed by atoms with E-state index in [1.54, 1.807) is 11.0 Å². The second-order valence-corrected chi connectivity index (χ2v) is 8.12. The first-order chi connectivity index (χ1) is 14.1. The van der Waals surface area contributed by atoms with E-state index >= 15 is 0 Å². The van der Waals surface area contributed by atoms with Crippen LogP contribution < -0.4 is 15.5 Å². The Morgan fingerprint density at radius 1 is 0.966 bits per heavy atom. The van der Waals surface area contributed by atoms with E-state index in [1.165, 1.54) is 17.5 Å². The summed E-state index contributed by atoms with van der Waals surface area (Å²) < 4.78 is 0. The number of rotatable bonds is 3. The van der Waals surface area contributed by atoms with Gasteiger partial charge < -0.3 is 15.5 Å². The van der Waals surface area contributed by atoms with Gasteiger partial charge in [0.15, 0.2) is 0 Å². The fourth-order valence-corrected chi connectivity index (χ4v) is 4.56. The largest absolute Gasteiger partial charge is 0.326 e. The van der Waals surface area contributed by atoms with Crippen LogP contribution in [0.1, 0.15) is 36.0 Å². The molecule has 2 heterocycles. The van der Waals surface area contributed by atoms with Crippen molar-refractivity contribution in [3.63, 3.8) is 0 Å². The molecule has 0 aromatic heterocycles. The lowest BCUT2D eigenvalue weighted by Gasteiger charge is -2.19. The van der Waals surface area contributed by atoms with Crippen molar-refractivity contribution in [1.29, 1.82) is 0 Å². The fourth-order valence-electron chi connectivity index (χ4n) is 4.56. The second kappa shape index (κ2) is 7.03. The summed E-state index contributed by atoms with van der Waals surface area (Å²) in [5, 5.41) is 5.79. The standard InChI is InChI=1S/C23H23N3O3/c27-21-9-5-16-10-18(6-8-20(16)25-21)24-23(29)17-12-22(28)26(13-17)19-7-4-14-2-1-3-15(14)11-19/h4,6-8,10-11,17H,1-3,5,9,12-13H2,(H,24,29)(H,25,27). The van der Waals surface area contributed by atoms with Crippen LogP contribution in [0.4, 0.5) is 17.1 Å². The number of hydrogen-bond acceptors (Lipinski definition) is 3. The van der Waals surface area contributed by atoms with Gasteiger partial charge in [-0.1, -0.05) is 6.07 Å². The smallest absolute Gasteiger partial charge is 0.229 e. The Morgan fingerprint density at radius 3 is 2.72 bits per heavy atom. The highest BCUT2D eigenvalue weighted by molar-refractivity contribution is 6.04. The van der Waals surface area contributed by atoms with E-state index in [2.05, 4.69) is 22.8 Å². The molecule has 148 valence electrons. The van der Waals surface area contributed by atoms with Gasteiger partial charge in [0.25, 0.3) is 0 Å². The average molecular weight is 389 g/mol. The first kappa shape index (κ1) is 17.9. The summed E-state index contributed by atoms with van der Waals surface area (Å²) in [7, 11) is 0. The molecule has 29 heavy (non-hydrogen) atoms. The summed E-state index contributed by atoms with van der Waals surface area (Å²) in [6.07, 6.45) is 4.69. The van der Waals surface area contributed by atoms with Crippen molar-refractivity contribution in [3.8, 4) is 0 Å². The molecule has 3 aliphatic rings. The minimum atomic E-state index is -0.369. The number of aryl methyl sites for hydroxylation is 3. The zero-order chi connectivity index (χ0) is 20.0. The Labute approximate surface area is 169 Å². The predicted octanol–water partition coefficient (Wildman–Crippen LogP) is 3.05. The Bertz CT molecular complexity index is 1030. The average Bonchev–Trinajstić information content (AvgIpc) is 3.34. The van der Waals surface area contributed by atoms with E-state index in [9.17, 15) is 14.4 Å². The molecule has 1 saturated heterocycles. The van der Waals surface area contributed by atoms with Gasteiger partial charge >= 0.3 is 0 Å². The van der Waals surface area contributed by atoms with E-state index in [0.29, 0.717) is 25.1 Å². The topological polar surface area (TPSA) is 78.5 Å². The molecular weight excluding hydrogens is 366 g/mol. The monoisotopic (exact) mass is 389 g/mol. The zero-order valence-corrected chi connectivity index (χ0v) is 16.2. The number of nitrogens with one attached hydrogen (secondary N) is 2. The molecule has 2 aliphatic heterocycles. The quantitative estimate of drug-likeness (QED) is 0.847. The molecule has 1 fully saturated rings. The number of anilines is 3. The van der Waals surface area contributed by atoms with Crippen LogP contribution in [0.5, 0.6) is 0 Å². The highest BCUT2D eigenvalue weighted by Gasteiger charge is 2.35. The van der Waals surface area contributed by atoms with Gasteiger partial charge in [-0.05, 0) is 72.7 Å². The SMILES string of the molecule is O=C1CCc2cc(NC(=O)C3CC(=O)N(c4ccc5c(c4)CCC5)C3)ccc2N1. The number of carbonyl (C=O) groups is 3. The fraction of sp³-hybridized carbons (Fsp3) is 0.348. The third kappa shape index (κ3) is 3.39. The van der Waals surface area contributed by atoms with E-state index < -0.39 is 0 Å². The van der Waals surface area contributed by atoms with Crippen LogP contribution >= 0.6 is 0 Å². The van der Waals surface area contributed by atoms with Crippen LogP contribution in [0, 0.1) is 5.92 Å². The number of carbonyl (C=O) groups excluding carboxylic acids is 3. The molecule has 6 nitrogen and oxygen atoms in total. The lowest BCUT2D eigenvalue weighted by molar-refractivity contribution is -0.122. The molecule has 3 amide bonds. The third-order valence-corrected chi connectivity index (χ3v) is 6.16. The van der Waals surface area contributed by atoms with Crippen molar-refractivity contribution in [3.05, 3.63) is 53.1 Å². The Balaban J connectivity index is 1.28. The molecular formula is C23H23N3O3. The van der Waals surface area contributed by atoms with Gasteiger partial charge in [-0.3, -0.25) is 14.4 Å². The molecule has 0 radical (unpaired) electrons. The van der Waals surface area contributed by atoms with Crippen LogP contribution in [0.15, 0.2) is 36.4 Å². The van der Waals surface area contributed by atoms with Crippen molar-refractivity contribution in [2.75, 3.05) is 22.1 Å². The number of amides is 3. The first-order valence-corrected chi connectivity index (χ1v) is 10.2. The zero-order valence-electron chi connectivity index (χ0n) is 16.2. The molecule has 2 aromatic rings. The van der Waals surface area contributed by atoms with Crippen LogP contribution in [0.3, 0.4) is 0 Å². The molecule has 2 N–H and O–H groups in total. The maximum atomic E-state index is 12.8. The highest BCUT2D eigenvalue weighted by Crippen LogP contribution is 2.31. The molecule has 6 heteroatoms. The van der Waals surface area contributed by atoms with Gasteiger partial charge in [0, 0.05) is 36.4 Å². The van der Waals surface area contributed by atoms with Crippen molar-refractivity contribution in [2.24, 2.45) is 5.92 Å². The van der Waals surface area contributed by atoms with E-state index in [0.717, 1.165) is 29.8 Å². The molecule has 0 spiro atoms. The number of benzene rings is 2. The van der Waals surface area contributed by atoms with Crippen molar-refractivity contribution < 1.29 is 14.4 Å². The van der Waals surface area contributed by atoms with Gasteiger partial charge in [-0.25, -0.2) is 0 Å². The highest BCUT2D eigenvalue weighted by atomic mass is 16.2. The Kier molecular flexibility index (Phi) is 4.34. The van der Waals surface area contributed by atoms with Crippen LogP contribution in [0.25, 0.3) is 0 Å². The summed E-state index contributed by atoms with van der Waals surface area (Å²) in [6, 6.07) is 11.7. The maximum Gasteiger partial charge on any atom is 0.229 e. The lowest BCUT2D eigenvalue weighted by atomic mass is 10.0. The maximum absolute atomic E-state index is 12.8. The predicted molar refractivity (Wildman–Crippen MR) is 111 cm³/mol. The van der Waals surface area contributed by atoms with Crippen LogP contribution in [-0.4, -0.2) is 24.3 Å². The van der Waals surface area contributed by atoms with Gasteiger partial charge in [0.2, 0.25) is 17.7 Å². The van der Waals surface area contributed by atoms with Gasteiger partial charge in [-0.2, -0.15) is 0 Å². The molecule has 1 aliphatic carbocycles.